The van der Waals surface area contributed by atoms with Crippen molar-refractivity contribution in [3.63, 3.8) is 0 Å². The van der Waals surface area contributed by atoms with E-state index >= 15 is 0 Å². The van der Waals surface area contributed by atoms with Gasteiger partial charge in [0.25, 0.3) is 0 Å². The molecule has 2 aromatic rings. The second kappa shape index (κ2) is 10.6. The first-order valence-corrected chi connectivity index (χ1v) is 12.5. The minimum Gasteiger partial charge on any atom is -0.496 e. The van der Waals surface area contributed by atoms with Crippen LogP contribution in [0, 0.1) is 6.92 Å². The number of halogens is 2. The topological polar surface area (TPSA) is 75.7 Å². The van der Waals surface area contributed by atoms with E-state index in [4.69, 9.17) is 27.9 Å². The number of nitrogens with one attached hydrogen (secondary N) is 1. The van der Waals surface area contributed by atoms with Gasteiger partial charge < -0.3 is 10.1 Å². The standard InChI is InChI=1S/C22H28Cl2N2O4S/c1-6-18(15-8-11-21(30-4)14(3)12-15)25-22(27)19(7-2)26(31(5,28)29)20-13-16(23)9-10-17(20)24/h8-13,18-19H,6-7H2,1-5H3,(H,25,27)/t18-,19-/m0/s1. The zero-order valence-corrected chi connectivity index (χ0v) is 20.6. The minimum absolute atomic E-state index is 0.173. The highest BCUT2D eigenvalue weighted by Gasteiger charge is 2.34. The summed E-state index contributed by atoms with van der Waals surface area (Å²) in [5, 5.41) is 3.51. The normalized spacial score (nSPS) is 13.4. The van der Waals surface area contributed by atoms with Crippen LogP contribution < -0.4 is 14.4 Å². The first kappa shape index (κ1) is 25.3. The molecule has 0 radical (unpaired) electrons. The SMILES string of the molecule is CC[C@H](NC(=O)[C@H](CC)N(c1cc(Cl)ccc1Cl)S(C)(=O)=O)c1ccc(OC)c(C)c1. The highest BCUT2D eigenvalue weighted by molar-refractivity contribution is 7.92. The Labute approximate surface area is 194 Å². The number of ether oxygens (including phenoxy) is 1. The molecule has 0 bridgehead atoms. The molecule has 0 saturated heterocycles. The van der Waals surface area contributed by atoms with Gasteiger partial charge in [0.15, 0.2) is 0 Å². The van der Waals surface area contributed by atoms with Crippen molar-refractivity contribution in [2.24, 2.45) is 0 Å². The fourth-order valence-electron chi connectivity index (χ4n) is 3.50. The number of aryl methyl sites for hydroxylation is 1. The monoisotopic (exact) mass is 486 g/mol. The molecule has 0 saturated carbocycles. The summed E-state index contributed by atoms with van der Waals surface area (Å²) in [5.74, 6) is 0.347. The quantitative estimate of drug-likeness (QED) is 0.533. The van der Waals surface area contributed by atoms with Gasteiger partial charge in [0.05, 0.1) is 30.1 Å². The maximum atomic E-state index is 13.3. The Bertz CT molecular complexity index is 1040. The third-order valence-corrected chi connectivity index (χ3v) is 6.74. The summed E-state index contributed by atoms with van der Waals surface area (Å²) in [6, 6.07) is 8.95. The number of hydrogen-bond donors (Lipinski definition) is 1. The molecule has 0 unspecified atom stereocenters. The van der Waals surface area contributed by atoms with Crippen molar-refractivity contribution < 1.29 is 17.9 Å². The molecule has 0 spiro atoms. The molecule has 170 valence electrons. The van der Waals surface area contributed by atoms with Gasteiger partial charge in [-0.15, -0.1) is 0 Å². The van der Waals surface area contributed by atoms with Crippen molar-refractivity contribution in [1.82, 2.24) is 5.32 Å². The molecule has 6 nitrogen and oxygen atoms in total. The van der Waals surface area contributed by atoms with Gasteiger partial charge in [-0.1, -0.05) is 49.2 Å². The number of sulfonamides is 1. The molecule has 2 atom stereocenters. The van der Waals surface area contributed by atoms with Crippen molar-refractivity contribution in [3.05, 3.63) is 57.6 Å². The number of hydrogen-bond acceptors (Lipinski definition) is 4. The molecule has 0 aliphatic carbocycles. The molecule has 1 N–H and O–H groups in total. The van der Waals surface area contributed by atoms with Gasteiger partial charge in [0.2, 0.25) is 15.9 Å². The summed E-state index contributed by atoms with van der Waals surface area (Å²) >= 11 is 12.3. The average Bonchev–Trinajstić information content (AvgIpc) is 2.71. The number of methoxy groups -OCH3 is 1. The number of anilines is 1. The van der Waals surface area contributed by atoms with Crippen molar-refractivity contribution >= 4 is 44.8 Å². The van der Waals surface area contributed by atoms with E-state index in [9.17, 15) is 13.2 Å². The van der Waals surface area contributed by atoms with Gasteiger partial charge >= 0.3 is 0 Å². The molecule has 9 heteroatoms. The summed E-state index contributed by atoms with van der Waals surface area (Å²) in [7, 11) is -2.22. The third-order valence-electron chi connectivity index (χ3n) is 5.02. The van der Waals surface area contributed by atoms with Crippen LogP contribution in [0.4, 0.5) is 5.69 Å². The van der Waals surface area contributed by atoms with Crippen LogP contribution >= 0.6 is 23.2 Å². The van der Waals surface area contributed by atoms with E-state index in [0.717, 1.165) is 27.4 Å². The number of benzene rings is 2. The highest BCUT2D eigenvalue weighted by Crippen LogP contribution is 2.33. The van der Waals surface area contributed by atoms with Crippen LogP contribution in [0.25, 0.3) is 0 Å². The van der Waals surface area contributed by atoms with Gasteiger partial charge in [0, 0.05) is 5.02 Å². The van der Waals surface area contributed by atoms with Crippen LogP contribution in [0.5, 0.6) is 5.75 Å². The largest absolute Gasteiger partial charge is 0.496 e. The van der Waals surface area contributed by atoms with Crippen LogP contribution in [-0.2, 0) is 14.8 Å². The second-order valence-corrected chi connectivity index (χ2v) is 9.98. The first-order valence-electron chi connectivity index (χ1n) is 9.92. The smallest absolute Gasteiger partial charge is 0.244 e. The molecule has 0 aliphatic heterocycles. The Morgan fingerprint density at radius 1 is 1.13 bits per heavy atom. The van der Waals surface area contributed by atoms with Crippen molar-refractivity contribution in [1.29, 1.82) is 0 Å². The van der Waals surface area contributed by atoms with E-state index in [0.29, 0.717) is 11.4 Å². The molecule has 0 heterocycles. The maximum Gasteiger partial charge on any atom is 0.244 e. The molecule has 0 fully saturated rings. The number of carbonyl (C=O) groups is 1. The Kier molecular flexibility index (Phi) is 8.63. The Morgan fingerprint density at radius 3 is 2.32 bits per heavy atom. The lowest BCUT2D eigenvalue weighted by Gasteiger charge is -2.32. The number of rotatable bonds is 9. The van der Waals surface area contributed by atoms with Gasteiger partial charge in [-0.3, -0.25) is 9.10 Å². The molecule has 2 rings (SSSR count). The van der Waals surface area contributed by atoms with Gasteiger partial charge in [-0.25, -0.2) is 8.42 Å². The summed E-state index contributed by atoms with van der Waals surface area (Å²) in [5.41, 5.74) is 2.03. The van der Waals surface area contributed by atoms with Gasteiger partial charge in [-0.2, -0.15) is 0 Å². The summed E-state index contributed by atoms with van der Waals surface area (Å²) < 4.78 is 31.7. The molecular formula is C22H28Cl2N2O4S. The summed E-state index contributed by atoms with van der Waals surface area (Å²) in [4.78, 5) is 13.3. The molecule has 31 heavy (non-hydrogen) atoms. The Morgan fingerprint density at radius 2 is 1.81 bits per heavy atom. The van der Waals surface area contributed by atoms with Gasteiger partial charge in [0.1, 0.15) is 11.8 Å². The Balaban J connectivity index is 2.41. The minimum atomic E-state index is -3.82. The Hall–Kier alpha value is -1.96. The van der Waals surface area contributed by atoms with Crippen LogP contribution in [0.1, 0.15) is 43.9 Å². The predicted molar refractivity (Wildman–Crippen MR) is 127 cm³/mol. The van der Waals surface area contributed by atoms with Crippen LogP contribution in [-0.4, -0.2) is 33.7 Å². The second-order valence-electron chi connectivity index (χ2n) is 7.28. The maximum absolute atomic E-state index is 13.3. The van der Waals surface area contributed by atoms with Gasteiger partial charge in [-0.05, 0) is 55.2 Å². The van der Waals surface area contributed by atoms with E-state index < -0.39 is 22.0 Å². The lowest BCUT2D eigenvalue weighted by atomic mass is 10.0. The number of carbonyl (C=O) groups excluding carboxylic acids is 1. The zero-order valence-electron chi connectivity index (χ0n) is 18.3. The van der Waals surface area contributed by atoms with Crippen molar-refractivity contribution in [2.45, 2.75) is 45.7 Å². The third kappa shape index (κ3) is 6.05. The fraction of sp³-hybridized carbons (Fsp3) is 0.409. The highest BCUT2D eigenvalue weighted by atomic mass is 35.5. The first-order chi connectivity index (χ1) is 14.5. The molecular weight excluding hydrogens is 459 g/mol. The van der Waals surface area contributed by atoms with E-state index in [-0.39, 0.29) is 23.2 Å². The number of nitrogens with zero attached hydrogens (tertiary/aromatic N) is 1. The van der Waals surface area contributed by atoms with E-state index in [2.05, 4.69) is 5.32 Å². The predicted octanol–water partition coefficient (Wildman–Crippen LogP) is 5.12. The van der Waals surface area contributed by atoms with E-state index in [1.165, 1.54) is 12.1 Å². The average molecular weight is 487 g/mol. The van der Waals surface area contributed by atoms with Crippen LogP contribution in [0.15, 0.2) is 36.4 Å². The van der Waals surface area contributed by atoms with Crippen molar-refractivity contribution in [3.8, 4) is 5.75 Å². The van der Waals surface area contributed by atoms with E-state index in [1.54, 1.807) is 20.1 Å². The zero-order chi connectivity index (χ0) is 23.3. The molecule has 1 amide bonds. The number of amides is 1. The van der Waals surface area contributed by atoms with Crippen molar-refractivity contribution in [2.75, 3.05) is 17.7 Å². The lowest BCUT2D eigenvalue weighted by molar-refractivity contribution is -0.123. The summed E-state index contributed by atoms with van der Waals surface area (Å²) in [6.07, 6.45) is 1.93. The molecule has 2 aromatic carbocycles. The fourth-order valence-corrected chi connectivity index (χ4v) is 5.14. The lowest BCUT2D eigenvalue weighted by Crippen LogP contribution is -2.50. The van der Waals surface area contributed by atoms with E-state index in [1.807, 2.05) is 32.0 Å². The summed E-state index contributed by atoms with van der Waals surface area (Å²) in [6.45, 7) is 5.63. The van der Waals surface area contributed by atoms with Crippen LogP contribution in [0.3, 0.4) is 0 Å². The molecule has 0 aliphatic rings. The van der Waals surface area contributed by atoms with Crippen LogP contribution in [0.2, 0.25) is 10.0 Å². The molecule has 0 aromatic heterocycles.